The number of likely N-dealkylation sites (N-methyl/N-ethyl adjacent to an activating group) is 1. The van der Waals surface area contributed by atoms with Gasteiger partial charge in [-0.3, -0.25) is 0 Å². The van der Waals surface area contributed by atoms with Gasteiger partial charge in [-0.05, 0) is 56.1 Å². The maximum Gasteiger partial charge on any atom is 0.0897 e. The lowest BCUT2D eigenvalue weighted by Gasteiger charge is -2.28. The minimum absolute atomic E-state index is 0.183. The second-order valence-corrected chi connectivity index (χ2v) is 6.86. The van der Waals surface area contributed by atoms with Crippen molar-refractivity contribution in [2.75, 3.05) is 38.2 Å². The third-order valence-corrected chi connectivity index (χ3v) is 4.88. The molecule has 0 bridgehead atoms. The second-order valence-electron chi connectivity index (χ2n) is 6.86. The van der Waals surface area contributed by atoms with Crippen LogP contribution in [0.1, 0.15) is 17.5 Å². The van der Waals surface area contributed by atoms with E-state index in [-0.39, 0.29) is 6.61 Å². The van der Waals surface area contributed by atoms with Crippen LogP contribution in [-0.2, 0) is 12.8 Å². The number of hydrogen-bond acceptors (Lipinski definition) is 4. The summed E-state index contributed by atoms with van der Waals surface area (Å²) in [6.45, 7) is 2.15. The summed E-state index contributed by atoms with van der Waals surface area (Å²) in [5.41, 5.74) is 5.43. The second kappa shape index (κ2) is 8.48. The summed E-state index contributed by atoms with van der Waals surface area (Å²) in [6, 6.07) is 17.4. The van der Waals surface area contributed by atoms with Crippen molar-refractivity contribution in [2.45, 2.75) is 25.4 Å². The van der Waals surface area contributed by atoms with E-state index < -0.39 is 6.10 Å². The Labute approximate surface area is 150 Å². The monoisotopic (exact) mass is 340 g/mol. The number of aryl methyl sites for hydroxylation is 2. The minimum Gasteiger partial charge on any atom is -0.394 e. The van der Waals surface area contributed by atoms with Crippen LogP contribution in [0.15, 0.2) is 48.5 Å². The average Bonchev–Trinajstić information content (AvgIpc) is 2.79. The molecule has 1 heterocycles. The lowest BCUT2D eigenvalue weighted by molar-refractivity contribution is 0.0665. The zero-order valence-corrected chi connectivity index (χ0v) is 14.9. The first-order chi connectivity index (χ1) is 12.2. The van der Waals surface area contributed by atoms with E-state index in [1.54, 1.807) is 0 Å². The molecule has 1 aliphatic rings. The number of para-hydroxylation sites is 2. The van der Waals surface area contributed by atoms with Crippen molar-refractivity contribution in [3.8, 4) is 0 Å². The zero-order chi connectivity index (χ0) is 17.6. The average molecular weight is 340 g/mol. The van der Waals surface area contributed by atoms with Gasteiger partial charge in [0.15, 0.2) is 0 Å². The molecule has 0 fully saturated rings. The molecule has 2 aromatic rings. The van der Waals surface area contributed by atoms with E-state index in [2.05, 4.69) is 58.3 Å². The number of aliphatic hydroxyl groups is 2. The van der Waals surface area contributed by atoms with Crippen LogP contribution in [0.3, 0.4) is 0 Å². The van der Waals surface area contributed by atoms with E-state index in [1.165, 1.54) is 22.5 Å². The highest BCUT2D eigenvalue weighted by Gasteiger charge is 2.19. The number of hydrogen-bond donors (Lipinski definition) is 2. The third kappa shape index (κ3) is 4.40. The highest BCUT2D eigenvalue weighted by Crippen LogP contribution is 2.35. The molecule has 1 unspecified atom stereocenters. The molecular formula is C21H28N2O2. The maximum absolute atomic E-state index is 9.57. The quantitative estimate of drug-likeness (QED) is 0.813. The molecule has 4 nitrogen and oxygen atoms in total. The summed E-state index contributed by atoms with van der Waals surface area (Å²) in [6.07, 6.45) is 2.49. The van der Waals surface area contributed by atoms with E-state index in [0.717, 1.165) is 32.4 Å². The summed E-state index contributed by atoms with van der Waals surface area (Å²) >= 11 is 0. The van der Waals surface area contributed by atoms with E-state index in [9.17, 15) is 5.11 Å². The first kappa shape index (κ1) is 17.9. The molecule has 0 saturated carbocycles. The predicted molar refractivity (Wildman–Crippen MR) is 103 cm³/mol. The number of anilines is 2. The van der Waals surface area contributed by atoms with Gasteiger partial charge < -0.3 is 20.0 Å². The standard InChI is InChI=1S/C21H28N2O2/c1-22(15-19(25)16-24)13-6-14-23-20-9-4-2-7-17(20)11-12-18-8-3-5-10-21(18)23/h2-5,7-10,19,24-25H,6,11-16H2,1H3. The molecule has 0 aromatic heterocycles. The highest BCUT2D eigenvalue weighted by molar-refractivity contribution is 5.71. The molecule has 0 spiro atoms. The van der Waals surface area contributed by atoms with Crippen molar-refractivity contribution >= 4 is 11.4 Å². The van der Waals surface area contributed by atoms with Crippen molar-refractivity contribution in [1.29, 1.82) is 0 Å². The summed E-state index contributed by atoms with van der Waals surface area (Å²) < 4.78 is 0. The molecule has 134 valence electrons. The van der Waals surface area contributed by atoms with Gasteiger partial charge in [-0.2, -0.15) is 0 Å². The molecule has 25 heavy (non-hydrogen) atoms. The lowest BCUT2D eigenvalue weighted by Crippen LogP contribution is -2.33. The van der Waals surface area contributed by atoms with Gasteiger partial charge >= 0.3 is 0 Å². The molecule has 1 aliphatic heterocycles. The van der Waals surface area contributed by atoms with E-state index >= 15 is 0 Å². The molecule has 3 rings (SSSR count). The van der Waals surface area contributed by atoms with Crippen molar-refractivity contribution in [2.24, 2.45) is 0 Å². The van der Waals surface area contributed by atoms with Crippen LogP contribution in [0.2, 0.25) is 0 Å². The van der Waals surface area contributed by atoms with Gasteiger partial charge in [0.2, 0.25) is 0 Å². The molecule has 2 aromatic carbocycles. The Morgan fingerprint density at radius 1 is 1.00 bits per heavy atom. The minimum atomic E-state index is -0.662. The number of aliphatic hydroxyl groups excluding tert-OH is 2. The topological polar surface area (TPSA) is 46.9 Å². The maximum atomic E-state index is 9.57. The van der Waals surface area contributed by atoms with Crippen LogP contribution < -0.4 is 4.90 Å². The van der Waals surface area contributed by atoms with Crippen molar-refractivity contribution in [1.82, 2.24) is 4.90 Å². The van der Waals surface area contributed by atoms with Gasteiger partial charge in [-0.25, -0.2) is 0 Å². The summed E-state index contributed by atoms with van der Waals surface area (Å²) in [4.78, 5) is 4.52. The van der Waals surface area contributed by atoms with E-state index in [1.807, 2.05) is 7.05 Å². The Morgan fingerprint density at radius 2 is 1.56 bits per heavy atom. The van der Waals surface area contributed by atoms with Crippen LogP contribution in [0.4, 0.5) is 11.4 Å². The molecular weight excluding hydrogens is 312 g/mol. The van der Waals surface area contributed by atoms with Crippen LogP contribution in [0.25, 0.3) is 0 Å². The molecule has 0 amide bonds. The molecule has 0 radical (unpaired) electrons. The molecule has 4 heteroatoms. The lowest BCUT2D eigenvalue weighted by atomic mass is 10.0. The largest absolute Gasteiger partial charge is 0.394 e. The molecule has 2 N–H and O–H groups in total. The molecule has 1 atom stereocenters. The van der Waals surface area contributed by atoms with Gasteiger partial charge in [0, 0.05) is 24.5 Å². The van der Waals surface area contributed by atoms with Crippen LogP contribution in [0, 0.1) is 0 Å². The fraction of sp³-hybridized carbons (Fsp3) is 0.429. The number of fused-ring (bicyclic) bond motifs is 2. The smallest absolute Gasteiger partial charge is 0.0897 e. The van der Waals surface area contributed by atoms with Crippen LogP contribution in [-0.4, -0.2) is 54.5 Å². The number of nitrogens with zero attached hydrogens (tertiary/aromatic N) is 2. The van der Waals surface area contributed by atoms with Gasteiger partial charge in [0.1, 0.15) is 0 Å². The summed E-state index contributed by atoms with van der Waals surface area (Å²) in [5, 5.41) is 18.5. The van der Waals surface area contributed by atoms with Gasteiger partial charge in [-0.1, -0.05) is 36.4 Å². The first-order valence-electron chi connectivity index (χ1n) is 9.10. The summed E-state index contributed by atoms with van der Waals surface area (Å²) in [7, 11) is 1.99. The van der Waals surface area contributed by atoms with E-state index in [0.29, 0.717) is 6.54 Å². The molecule has 0 saturated heterocycles. The van der Waals surface area contributed by atoms with Gasteiger partial charge in [-0.15, -0.1) is 0 Å². The van der Waals surface area contributed by atoms with Gasteiger partial charge in [0.05, 0.1) is 12.7 Å². The zero-order valence-electron chi connectivity index (χ0n) is 14.9. The van der Waals surface area contributed by atoms with Crippen LogP contribution in [0.5, 0.6) is 0 Å². The fourth-order valence-electron chi connectivity index (χ4n) is 3.62. The Hall–Kier alpha value is -1.88. The summed E-state index contributed by atoms with van der Waals surface area (Å²) in [5.74, 6) is 0. The molecule has 0 aliphatic carbocycles. The normalized spacial score (nSPS) is 14.8. The Morgan fingerprint density at radius 3 is 2.12 bits per heavy atom. The van der Waals surface area contributed by atoms with Crippen LogP contribution >= 0.6 is 0 Å². The van der Waals surface area contributed by atoms with Crippen molar-refractivity contribution < 1.29 is 10.2 Å². The predicted octanol–water partition coefficient (Wildman–Crippen LogP) is 2.60. The van der Waals surface area contributed by atoms with Gasteiger partial charge in [0.25, 0.3) is 0 Å². The first-order valence-corrected chi connectivity index (χ1v) is 9.10. The van der Waals surface area contributed by atoms with Crippen molar-refractivity contribution in [3.63, 3.8) is 0 Å². The SMILES string of the molecule is CN(CCCN1c2ccccc2CCc2ccccc21)CC(O)CO. The Bertz CT molecular complexity index is 642. The third-order valence-electron chi connectivity index (χ3n) is 4.88. The Balaban J connectivity index is 1.73. The van der Waals surface area contributed by atoms with Crippen molar-refractivity contribution in [3.05, 3.63) is 59.7 Å². The Kier molecular flexibility index (Phi) is 6.08. The number of benzene rings is 2. The number of rotatable bonds is 7. The van der Waals surface area contributed by atoms with E-state index in [4.69, 9.17) is 5.11 Å². The fourth-order valence-corrected chi connectivity index (χ4v) is 3.62. The highest BCUT2D eigenvalue weighted by atomic mass is 16.3.